The number of benzene rings is 2. The zero-order valence-corrected chi connectivity index (χ0v) is 17.2. The molecule has 32 heavy (non-hydrogen) atoms. The summed E-state index contributed by atoms with van der Waals surface area (Å²) in [6.45, 7) is 2.44. The number of nitrogens with zero attached hydrogens (tertiary/aromatic N) is 2. The van der Waals surface area contributed by atoms with Gasteiger partial charge in [-0.1, -0.05) is 54.6 Å². The van der Waals surface area contributed by atoms with Crippen molar-refractivity contribution in [2.24, 2.45) is 0 Å². The van der Waals surface area contributed by atoms with Crippen LogP contribution >= 0.6 is 0 Å². The molecule has 0 aliphatic rings. The summed E-state index contributed by atoms with van der Waals surface area (Å²) in [7, 11) is 0. The third-order valence-electron chi connectivity index (χ3n) is 5.06. The minimum Gasteiger partial charge on any atom is -0.501 e. The van der Waals surface area contributed by atoms with Crippen LogP contribution in [0.15, 0.2) is 76.6 Å². The topological polar surface area (TPSA) is 133 Å². The van der Waals surface area contributed by atoms with Crippen molar-refractivity contribution in [3.05, 3.63) is 105 Å². The predicted molar refractivity (Wildman–Crippen MR) is 118 cm³/mol. The summed E-state index contributed by atoms with van der Waals surface area (Å²) < 4.78 is 1.87. The van der Waals surface area contributed by atoms with Gasteiger partial charge in [-0.2, -0.15) is 5.10 Å². The van der Waals surface area contributed by atoms with E-state index in [2.05, 4.69) is 15.4 Å². The molecule has 9 heteroatoms. The van der Waals surface area contributed by atoms with Crippen LogP contribution in [-0.4, -0.2) is 30.8 Å². The summed E-state index contributed by atoms with van der Waals surface area (Å²) in [5.74, 6) is -1.60. The van der Waals surface area contributed by atoms with E-state index in [4.69, 9.17) is 0 Å². The highest BCUT2D eigenvalue weighted by Gasteiger charge is 2.18. The highest BCUT2D eigenvalue weighted by Crippen LogP contribution is 2.22. The zero-order chi connectivity index (χ0) is 22.7. The molecule has 0 unspecified atom stereocenters. The van der Waals surface area contributed by atoms with E-state index in [0.717, 1.165) is 22.3 Å². The molecule has 1 amide bonds. The summed E-state index contributed by atoms with van der Waals surface area (Å²) >= 11 is 0. The van der Waals surface area contributed by atoms with E-state index in [1.165, 1.54) is 0 Å². The molecule has 9 nitrogen and oxygen atoms in total. The third-order valence-corrected chi connectivity index (χ3v) is 5.06. The minimum absolute atomic E-state index is 0.431. The fraction of sp³-hybridized carbons (Fsp3) is 0.130. The Labute approximate surface area is 182 Å². The van der Waals surface area contributed by atoms with Gasteiger partial charge in [0.15, 0.2) is 5.69 Å². The molecule has 0 radical (unpaired) electrons. The monoisotopic (exact) mass is 431 g/mol. The van der Waals surface area contributed by atoms with E-state index in [1.54, 1.807) is 13.1 Å². The molecule has 2 aromatic carbocycles. The molecule has 162 valence electrons. The molecule has 2 heterocycles. The molecule has 4 rings (SSSR count). The molecule has 0 saturated carbocycles. The van der Waals surface area contributed by atoms with Gasteiger partial charge in [-0.05, 0) is 23.6 Å². The van der Waals surface area contributed by atoms with E-state index in [1.807, 2.05) is 70.5 Å². The molecule has 0 saturated heterocycles. The fourth-order valence-electron chi connectivity index (χ4n) is 3.33. The van der Waals surface area contributed by atoms with Crippen molar-refractivity contribution < 1.29 is 9.90 Å². The van der Waals surface area contributed by atoms with Crippen LogP contribution in [0, 0.1) is 0 Å². The Kier molecular flexibility index (Phi) is 5.71. The molecule has 0 aliphatic heterocycles. The predicted octanol–water partition coefficient (Wildman–Crippen LogP) is 2.17. The third kappa shape index (κ3) is 4.51. The van der Waals surface area contributed by atoms with Crippen molar-refractivity contribution >= 4 is 5.91 Å². The Morgan fingerprint density at radius 1 is 1.06 bits per heavy atom. The van der Waals surface area contributed by atoms with E-state index in [0.29, 0.717) is 6.54 Å². The lowest BCUT2D eigenvalue weighted by molar-refractivity contribution is 0.0931. The lowest BCUT2D eigenvalue weighted by atomic mass is 10.0. The number of nitrogens with one attached hydrogen (secondary N) is 3. The quantitative estimate of drug-likeness (QED) is 0.371. The average molecular weight is 431 g/mol. The Balaban J connectivity index is 1.45. The summed E-state index contributed by atoms with van der Waals surface area (Å²) in [4.78, 5) is 39.3. The molecular weight excluding hydrogens is 410 g/mol. The van der Waals surface area contributed by atoms with E-state index in [9.17, 15) is 19.5 Å². The van der Waals surface area contributed by atoms with Gasteiger partial charge in [0.2, 0.25) is 5.75 Å². The van der Waals surface area contributed by atoms with Gasteiger partial charge in [0.1, 0.15) is 0 Å². The first-order chi connectivity index (χ1) is 15.4. The molecule has 0 fully saturated rings. The van der Waals surface area contributed by atoms with Crippen LogP contribution in [-0.2, 0) is 6.54 Å². The Hall–Kier alpha value is -4.40. The number of aromatic nitrogens is 4. The maximum absolute atomic E-state index is 12.4. The number of hydrogen-bond donors (Lipinski definition) is 4. The number of aromatic hydroxyl groups is 1. The first-order valence-electron chi connectivity index (χ1n) is 9.94. The van der Waals surface area contributed by atoms with E-state index >= 15 is 0 Å². The van der Waals surface area contributed by atoms with Crippen molar-refractivity contribution in [2.45, 2.75) is 19.5 Å². The fourth-order valence-corrected chi connectivity index (χ4v) is 3.33. The Morgan fingerprint density at radius 2 is 1.78 bits per heavy atom. The Bertz CT molecular complexity index is 1350. The SMILES string of the molecule is C[C@@H](NC(=O)c1[nH]c(=O)[nH]c(=O)c1O)c1ccc(-c2cnn(Cc3ccccc3)c2)cc1. The lowest BCUT2D eigenvalue weighted by Gasteiger charge is -2.15. The first-order valence-corrected chi connectivity index (χ1v) is 9.94. The molecule has 1 atom stereocenters. The molecule has 4 aromatic rings. The maximum atomic E-state index is 12.4. The number of H-pyrrole nitrogens is 2. The van der Waals surface area contributed by atoms with Crippen molar-refractivity contribution in [2.75, 3.05) is 0 Å². The lowest BCUT2D eigenvalue weighted by Crippen LogP contribution is -2.32. The van der Waals surface area contributed by atoms with Gasteiger partial charge in [-0.3, -0.25) is 24.2 Å². The number of hydrogen-bond acceptors (Lipinski definition) is 5. The second-order valence-corrected chi connectivity index (χ2v) is 7.36. The summed E-state index contributed by atoms with van der Waals surface area (Å²) in [5.41, 5.74) is 1.54. The second-order valence-electron chi connectivity index (χ2n) is 7.36. The van der Waals surface area contributed by atoms with Crippen LogP contribution in [0.25, 0.3) is 11.1 Å². The summed E-state index contributed by atoms with van der Waals surface area (Å²) in [6, 6.07) is 17.2. The van der Waals surface area contributed by atoms with Crippen LogP contribution in [0.1, 0.15) is 34.6 Å². The molecule has 4 N–H and O–H groups in total. The Morgan fingerprint density at radius 3 is 2.50 bits per heavy atom. The van der Waals surface area contributed by atoms with E-state index < -0.39 is 34.6 Å². The standard InChI is InChI=1S/C23H21N5O4/c1-14(25-21(30)19-20(29)22(31)27-23(32)26-19)16-7-9-17(10-8-16)18-11-24-28(13-18)12-15-5-3-2-4-6-15/h2-11,13-14,29H,12H2,1H3,(H,25,30)(H2,26,27,31,32)/t14-/m1/s1. The summed E-state index contributed by atoms with van der Waals surface area (Å²) in [5, 5.41) is 16.8. The second kappa shape index (κ2) is 8.76. The van der Waals surface area contributed by atoms with Gasteiger partial charge >= 0.3 is 5.69 Å². The van der Waals surface area contributed by atoms with Gasteiger partial charge < -0.3 is 10.4 Å². The number of aromatic amines is 2. The molecule has 0 spiro atoms. The zero-order valence-electron chi connectivity index (χ0n) is 17.2. The normalized spacial score (nSPS) is 11.8. The van der Waals surface area contributed by atoms with Crippen LogP contribution in [0.2, 0.25) is 0 Å². The van der Waals surface area contributed by atoms with Gasteiger partial charge in [-0.15, -0.1) is 0 Å². The molecule has 0 aliphatic carbocycles. The highest BCUT2D eigenvalue weighted by molar-refractivity contribution is 5.94. The molecule has 2 aromatic heterocycles. The largest absolute Gasteiger partial charge is 0.501 e. The highest BCUT2D eigenvalue weighted by atomic mass is 16.3. The maximum Gasteiger partial charge on any atom is 0.326 e. The molecule has 0 bridgehead atoms. The smallest absolute Gasteiger partial charge is 0.326 e. The average Bonchev–Trinajstić information content (AvgIpc) is 3.25. The number of carbonyl (C=O) groups is 1. The van der Waals surface area contributed by atoms with Gasteiger partial charge in [-0.25, -0.2) is 4.79 Å². The van der Waals surface area contributed by atoms with E-state index in [-0.39, 0.29) is 0 Å². The van der Waals surface area contributed by atoms with Crippen LogP contribution in [0.4, 0.5) is 0 Å². The summed E-state index contributed by atoms with van der Waals surface area (Å²) in [6.07, 6.45) is 3.77. The minimum atomic E-state index is -1.02. The molecular formula is C23H21N5O4. The van der Waals surface area contributed by atoms with Crippen LogP contribution in [0.3, 0.4) is 0 Å². The van der Waals surface area contributed by atoms with Crippen molar-refractivity contribution in [1.82, 2.24) is 25.1 Å². The van der Waals surface area contributed by atoms with Crippen molar-refractivity contribution in [1.29, 1.82) is 0 Å². The number of carbonyl (C=O) groups excluding carboxylic acids is 1. The van der Waals surface area contributed by atoms with Crippen molar-refractivity contribution in [3.8, 4) is 16.9 Å². The van der Waals surface area contributed by atoms with Crippen molar-refractivity contribution in [3.63, 3.8) is 0 Å². The van der Waals surface area contributed by atoms with Gasteiger partial charge in [0, 0.05) is 11.8 Å². The first kappa shape index (κ1) is 20.9. The number of amides is 1. The van der Waals surface area contributed by atoms with Gasteiger partial charge in [0.05, 0.1) is 18.8 Å². The number of rotatable bonds is 6. The van der Waals surface area contributed by atoms with Crippen LogP contribution in [0.5, 0.6) is 5.75 Å². The van der Waals surface area contributed by atoms with Crippen LogP contribution < -0.4 is 16.6 Å². The van der Waals surface area contributed by atoms with Gasteiger partial charge in [0.25, 0.3) is 11.5 Å².